The molecular weight excluding hydrogens is 323 g/mol. The minimum atomic E-state index is -0.156. The Labute approximate surface area is 138 Å². The smallest absolute Gasteiger partial charge is 0.240 e. The zero-order valence-corrected chi connectivity index (χ0v) is 13.8. The quantitative estimate of drug-likeness (QED) is 0.647. The van der Waals surface area contributed by atoms with Gasteiger partial charge in [0.1, 0.15) is 0 Å². The van der Waals surface area contributed by atoms with Gasteiger partial charge in [-0.3, -0.25) is 9.89 Å². The van der Waals surface area contributed by atoms with E-state index in [0.717, 1.165) is 22.5 Å². The largest absolute Gasteiger partial charge is 0.282 e. The number of halogens is 2. The number of hydrogen-bond acceptors (Lipinski definition) is 3. The molecule has 0 atom stereocenters. The molecule has 7 heteroatoms. The van der Waals surface area contributed by atoms with E-state index in [1.54, 1.807) is 18.2 Å². The maximum absolute atomic E-state index is 11.8. The van der Waals surface area contributed by atoms with Crippen molar-refractivity contribution in [1.29, 1.82) is 0 Å². The number of hydrogen-bond donors (Lipinski definition) is 2. The lowest BCUT2D eigenvalue weighted by Gasteiger charge is -2.01. The van der Waals surface area contributed by atoms with Crippen molar-refractivity contribution in [3.63, 3.8) is 0 Å². The molecule has 2 aromatic rings. The maximum atomic E-state index is 11.8. The molecule has 22 heavy (non-hydrogen) atoms. The monoisotopic (exact) mass is 338 g/mol. The van der Waals surface area contributed by atoms with Crippen LogP contribution in [0.25, 0.3) is 0 Å². The van der Waals surface area contributed by atoms with Crippen LogP contribution >= 0.6 is 23.2 Å². The average Bonchev–Trinajstić information content (AvgIpc) is 2.80. The topological polar surface area (TPSA) is 70.1 Å². The van der Waals surface area contributed by atoms with Crippen molar-refractivity contribution in [1.82, 2.24) is 15.6 Å². The van der Waals surface area contributed by atoms with Gasteiger partial charge in [0, 0.05) is 12.1 Å². The normalized spacial score (nSPS) is 11.1. The number of nitrogens with one attached hydrogen (secondary N) is 2. The molecule has 0 aliphatic rings. The van der Waals surface area contributed by atoms with Crippen molar-refractivity contribution in [3.05, 3.63) is 50.8 Å². The van der Waals surface area contributed by atoms with Gasteiger partial charge in [-0.15, -0.1) is 0 Å². The lowest BCUT2D eigenvalue weighted by Crippen LogP contribution is -2.18. The molecule has 1 heterocycles. The Kier molecular flexibility index (Phi) is 5.57. The third-order valence-electron chi connectivity index (χ3n) is 3.23. The molecule has 2 rings (SSSR count). The third kappa shape index (κ3) is 4.32. The number of carbonyl (C=O) groups is 1. The van der Waals surface area contributed by atoms with Gasteiger partial charge in [-0.1, -0.05) is 29.3 Å². The third-order valence-corrected chi connectivity index (χ3v) is 3.97. The summed E-state index contributed by atoms with van der Waals surface area (Å²) in [6.07, 6.45) is 2.50. The summed E-state index contributed by atoms with van der Waals surface area (Å²) in [5.41, 5.74) is 6.23. The lowest BCUT2D eigenvalue weighted by molar-refractivity contribution is -0.121. The highest BCUT2D eigenvalue weighted by Crippen LogP contribution is 2.21. The molecule has 0 saturated carbocycles. The minimum absolute atomic E-state index is 0.156. The van der Waals surface area contributed by atoms with Gasteiger partial charge in [-0.2, -0.15) is 10.2 Å². The molecule has 2 N–H and O–H groups in total. The maximum Gasteiger partial charge on any atom is 0.240 e. The van der Waals surface area contributed by atoms with Crippen LogP contribution in [-0.2, 0) is 11.2 Å². The van der Waals surface area contributed by atoms with E-state index in [-0.39, 0.29) is 5.91 Å². The van der Waals surface area contributed by atoms with Gasteiger partial charge in [0.15, 0.2) is 0 Å². The molecule has 0 aliphatic heterocycles. The summed E-state index contributed by atoms with van der Waals surface area (Å²) in [4.78, 5) is 11.8. The van der Waals surface area contributed by atoms with Gasteiger partial charge in [-0.05, 0) is 43.5 Å². The zero-order valence-electron chi connectivity index (χ0n) is 12.3. The van der Waals surface area contributed by atoms with Crippen molar-refractivity contribution in [2.75, 3.05) is 0 Å². The average molecular weight is 339 g/mol. The highest BCUT2D eigenvalue weighted by Gasteiger charge is 2.08. The van der Waals surface area contributed by atoms with Crippen LogP contribution in [-0.4, -0.2) is 22.3 Å². The fraction of sp³-hybridized carbons (Fsp3) is 0.267. The number of nitrogens with zero attached hydrogens (tertiary/aromatic N) is 2. The van der Waals surface area contributed by atoms with Crippen molar-refractivity contribution >= 4 is 35.3 Å². The summed E-state index contributed by atoms with van der Waals surface area (Å²) in [6, 6.07) is 5.12. The molecule has 1 aromatic carbocycles. The molecule has 0 radical (unpaired) electrons. The van der Waals surface area contributed by atoms with Crippen LogP contribution in [0.15, 0.2) is 23.3 Å². The van der Waals surface area contributed by atoms with Crippen molar-refractivity contribution in [2.45, 2.75) is 26.7 Å². The number of hydrazone groups is 1. The van der Waals surface area contributed by atoms with Gasteiger partial charge in [-0.25, -0.2) is 5.43 Å². The van der Waals surface area contributed by atoms with E-state index in [9.17, 15) is 4.79 Å². The molecule has 5 nitrogen and oxygen atoms in total. The van der Waals surface area contributed by atoms with E-state index >= 15 is 0 Å². The first kappa shape index (κ1) is 16.5. The molecule has 0 aliphatic carbocycles. The number of rotatable bonds is 5. The molecular formula is C15H16Cl2N4O. The number of H-pyrrole nitrogens is 1. The molecule has 1 aromatic heterocycles. The summed E-state index contributed by atoms with van der Waals surface area (Å²) >= 11 is 11.7. The predicted molar refractivity (Wildman–Crippen MR) is 88.6 cm³/mol. The van der Waals surface area contributed by atoms with Crippen molar-refractivity contribution < 1.29 is 4.79 Å². The Morgan fingerprint density at radius 3 is 2.77 bits per heavy atom. The summed E-state index contributed by atoms with van der Waals surface area (Å²) in [7, 11) is 0. The number of aryl methyl sites for hydroxylation is 2. The predicted octanol–water partition coefficient (Wildman–Crippen LogP) is 3.42. The first-order valence-electron chi connectivity index (χ1n) is 6.74. The van der Waals surface area contributed by atoms with Crippen LogP contribution in [0, 0.1) is 13.8 Å². The Morgan fingerprint density at radius 2 is 2.14 bits per heavy atom. The van der Waals surface area contributed by atoms with Crippen LogP contribution in [0.2, 0.25) is 10.0 Å². The van der Waals surface area contributed by atoms with E-state index in [0.29, 0.717) is 22.9 Å². The molecule has 0 spiro atoms. The first-order valence-corrected chi connectivity index (χ1v) is 7.50. The first-order chi connectivity index (χ1) is 10.5. The summed E-state index contributed by atoms with van der Waals surface area (Å²) < 4.78 is 0. The Bertz CT molecular complexity index is 690. The van der Waals surface area contributed by atoms with E-state index in [2.05, 4.69) is 20.7 Å². The van der Waals surface area contributed by atoms with E-state index in [1.807, 2.05) is 13.8 Å². The van der Waals surface area contributed by atoms with Crippen LogP contribution < -0.4 is 5.43 Å². The second kappa shape index (κ2) is 7.42. The van der Waals surface area contributed by atoms with Crippen LogP contribution in [0.3, 0.4) is 0 Å². The van der Waals surface area contributed by atoms with Gasteiger partial charge >= 0.3 is 0 Å². The zero-order chi connectivity index (χ0) is 16.1. The second-order valence-electron chi connectivity index (χ2n) is 4.88. The number of benzene rings is 1. The highest BCUT2D eigenvalue weighted by atomic mass is 35.5. The molecule has 0 fully saturated rings. The van der Waals surface area contributed by atoms with Gasteiger partial charge in [0.05, 0.1) is 22.0 Å². The minimum Gasteiger partial charge on any atom is -0.282 e. The number of aromatic amines is 1. The SMILES string of the molecule is Cc1n[nH]c(C)c1CCC(=O)N/N=C\c1ccc(Cl)c(Cl)c1. The number of amides is 1. The Balaban J connectivity index is 1.85. The second-order valence-corrected chi connectivity index (χ2v) is 5.69. The van der Waals surface area contributed by atoms with Gasteiger partial charge < -0.3 is 0 Å². The van der Waals surface area contributed by atoms with Crippen molar-refractivity contribution in [3.8, 4) is 0 Å². The number of aromatic nitrogens is 2. The van der Waals surface area contributed by atoms with Gasteiger partial charge in [0.25, 0.3) is 0 Å². The summed E-state index contributed by atoms with van der Waals surface area (Å²) in [5.74, 6) is -0.156. The van der Waals surface area contributed by atoms with E-state index < -0.39 is 0 Å². The standard InChI is InChI=1S/C15H16Cl2N4O/c1-9-12(10(2)20-19-9)4-6-15(22)21-18-8-11-3-5-13(16)14(17)7-11/h3,5,7-8H,4,6H2,1-2H3,(H,19,20)(H,21,22)/b18-8-. The van der Waals surface area contributed by atoms with Crippen LogP contribution in [0.5, 0.6) is 0 Å². The van der Waals surface area contributed by atoms with Crippen LogP contribution in [0.1, 0.15) is 28.9 Å². The highest BCUT2D eigenvalue weighted by molar-refractivity contribution is 6.42. The van der Waals surface area contributed by atoms with Crippen molar-refractivity contribution in [2.24, 2.45) is 5.10 Å². The number of carbonyl (C=O) groups excluding carboxylic acids is 1. The van der Waals surface area contributed by atoms with Gasteiger partial charge in [0.2, 0.25) is 5.91 Å². The molecule has 116 valence electrons. The van der Waals surface area contributed by atoms with Crippen LogP contribution in [0.4, 0.5) is 0 Å². The Morgan fingerprint density at radius 1 is 1.36 bits per heavy atom. The molecule has 0 unspecified atom stereocenters. The summed E-state index contributed by atoms with van der Waals surface area (Å²) in [6.45, 7) is 3.86. The fourth-order valence-corrected chi connectivity index (χ4v) is 2.31. The summed E-state index contributed by atoms with van der Waals surface area (Å²) in [5, 5.41) is 11.8. The molecule has 1 amide bonds. The van der Waals surface area contributed by atoms with E-state index in [4.69, 9.17) is 23.2 Å². The van der Waals surface area contributed by atoms with E-state index in [1.165, 1.54) is 6.21 Å². The molecule has 0 saturated heterocycles. The molecule has 0 bridgehead atoms. The lowest BCUT2D eigenvalue weighted by atomic mass is 10.1. The fourth-order valence-electron chi connectivity index (χ4n) is 2.01. The Hall–Kier alpha value is -1.85.